The summed E-state index contributed by atoms with van der Waals surface area (Å²) in [6.45, 7) is 5.44. The molecule has 0 aliphatic heterocycles. The topological polar surface area (TPSA) is 37.4 Å². The minimum absolute atomic E-state index is 0.256. The Morgan fingerprint density at radius 3 is 2.00 bits per heavy atom. The average molecular weight is 197 g/mol. The van der Waals surface area contributed by atoms with Gasteiger partial charge in [-0.2, -0.15) is 0 Å². The average Bonchev–Trinajstić information content (AvgIpc) is 2.04. The number of hydrogen-bond acceptors (Lipinski definition) is 2. The summed E-state index contributed by atoms with van der Waals surface area (Å²) in [6, 6.07) is 6.11. The van der Waals surface area contributed by atoms with Crippen molar-refractivity contribution in [3.05, 3.63) is 36.8 Å². The van der Waals surface area contributed by atoms with Gasteiger partial charge in [0.2, 0.25) is 10.0 Å². The van der Waals surface area contributed by atoms with Crippen LogP contribution in [0.15, 0.2) is 29.2 Å². The van der Waals surface area contributed by atoms with E-state index in [1.807, 2.05) is 0 Å². The maximum atomic E-state index is 11.5. The summed E-state index contributed by atoms with van der Waals surface area (Å²) in [4.78, 5) is 0.256. The van der Waals surface area contributed by atoms with E-state index in [0.29, 0.717) is 5.56 Å². The van der Waals surface area contributed by atoms with E-state index >= 15 is 0 Å². The highest BCUT2D eigenvalue weighted by molar-refractivity contribution is 7.89. The Hall–Kier alpha value is -0.870. The molecule has 0 aliphatic rings. The molecule has 0 fully saturated rings. The lowest BCUT2D eigenvalue weighted by molar-refractivity contribution is 0.521. The van der Waals surface area contributed by atoms with Gasteiger partial charge < -0.3 is 0 Å². The zero-order valence-corrected chi connectivity index (χ0v) is 8.38. The molecule has 0 spiro atoms. The van der Waals surface area contributed by atoms with E-state index in [1.54, 1.807) is 12.1 Å². The Balaban J connectivity index is 3.17. The van der Waals surface area contributed by atoms with Crippen molar-refractivity contribution in [3.8, 4) is 0 Å². The molecule has 1 aromatic rings. The lowest BCUT2D eigenvalue weighted by Gasteiger charge is -2.10. The second-order valence-corrected chi connectivity index (χ2v) is 5.01. The first-order valence-corrected chi connectivity index (χ1v) is 5.16. The van der Waals surface area contributed by atoms with Crippen LogP contribution >= 0.6 is 0 Å². The SMILES string of the molecule is [CH]c1ccc(S(=O)(=O)N(C)C)cc1. The molecule has 0 bridgehead atoms. The first-order chi connectivity index (χ1) is 5.94. The van der Waals surface area contributed by atoms with Gasteiger partial charge in [-0.1, -0.05) is 12.1 Å². The smallest absolute Gasteiger partial charge is 0.207 e. The van der Waals surface area contributed by atoms with Gasteiger partial charge in [0, 0.05) is 14.1 Å². The van der Waals surface area contributed by atoms with Gasteiger partial charge in [-0.3, -0.25) is 0 Å². The minimum atomic E-state index is -3.32. The van der Waals surface area contributed by atoms with Crippen LogP contribution in [0.1, 0.15) is 5.56 Å². The Bertz CT molecular complexity index is 379. The van der Waals surface area contributed by atoms with Crippen molar-refractivity contribution < 1.29 is 8.42 Å². The quantitative estimate of drug-likeness (QED) is 0.709. The van der Waals surface area contributed by atoms with Gasteiger partial charge >= 0.3 is 0 Å². The zero-order chi connectivity index (χ0) is 10.1. The van der Waals surface area contributed by atoms with Crippen LogP contribution in [0, 0.1) is 6.92 Å². The summed E-state index contributed by atoms with van der Waals surface area (Å²) < 4.78 is 24.2. The molecule has 0 atom stereocenters. The van der Waals surface area contributed by atoms with Crippen molar-refractivity contribution in [2.45, 2.75) is 4.90 Å². The van der Waals surface area contributed by atoms with Gasteiger partial charge in [-0.05, 0) is 24.6 Å². The number of benzene rings is 1. The van der Waals surface area contributed by atoms with Crippen molar-refractivity contribution in [2.75, 3.05) is 14.1 Å². The molecule has 1 aromatic carbocycles. The normalized spacial score (nSPS) is 12.0. The number of rotatable bonds is 2. The second kappa shape index (κ2) is 3.47. The molecule has 0 amide bonds. The van der Waals surface area contributed by atoms with E-state index < -0.39 is 10.0 Å². The third-order valence-corrected chi connectivity index (χ3v) is 3.49. The van der Waals surface area contributed by atoms with E-state index in [2.05, 4.69) is 0 Å². The van der Waals surface area contributed by atoms with Gasteiger partial charge in [0.1, 0.15) is 0 Å². The largest absolute Gasteiger partial charge is 0.242 e. The summed E-state index contributed by atoms with van der Waals surface area (Å²) in [7, 11) is -0.332. The van der Waals surface area contributed by atoms with Crippen LogP contribution in [0.25, 0.3) is 0 Å². The van der Waals surface area contributed by atoms with Gasteiger partial charge in [-0.15, -0.1) is 0 Å². The zero-order valence-electron chi connectivity index (χ0n) is 7.56. The van der Waals surface area contributed by atoms with Crippen LogP contribution in [-0.4, -0.2) is 26.8 Å². The van der Waals surface area contributed by atoms with Crippen molar-refractivity contribution in [2.24, 2.45) is 0 Å². The molecule has 2 radical (unpaired) electrons. The summed E-state index contributed by atoms with van der Waals surface area (Å²) >= 11 is 0. The lowest BCUT2D eigenvalue weighted by Crippen LogP contribution is -2.22. The summed E-state index contributed by atoms with van der Waals surface area (Å²) in [5.41, 5.74) is 0.553. The molecule has 4 heteroatoms. The van der Waals surface area contributed by atoms with E-state index in [1.165, 1.54) is 30.5 Å². The Kier molecular flexibility index (Phi) is 2.73. The highest BCUT2D eigenvalue weighted by Crippen LogP contribution is 2.12. The van der Waals surface area contributed by atoms with Gasteiger partial charge in [0.15, 0.2) is 0 Å². The molecular formula is C9H11NO2S. The highest BCUT2D eigenvalue weighted by Gasteiger charge is 2.15. The Morgan fingerprint density at radius 1 is 1.15 bits per heavy atom. The fourth-order valence-electron chi connectivity index (χ4n) is 0.851. The van der Waals surface area contributed by atoms with E-state index in [-0.39, 0.29) is 4.90 Å². The maximum absolute atomic E-state index is 11.5. The van der Waals surface area contributed by atoms with E-state index in [9.17, 15) is 8.42 Å². The molecule has 1 rings (SSSR count). The predicted octanol–water partition coefficient (Wildman–Crippen LogP) is 0.996. The first kappa shape index (κ1) is 10.2. The van der Waals surface area contributed by atoms with Gasteiger partial charge in [0.25, 0.3) is 0 Å². The maximum Gasteiger partial charge on any atom is 0.242 e. The van der Waals surface area contributed by atoms with Gasteiger partial charge in [0.05, 0.1) is 4.90 Å². The fourth-order valence-corrected chi connectivity index (χ4v) is 1.75. The molecule has 0 heterocycles. The molecule has 70 valence electrons. The summed E-state index contributed by atoms with van der Waals surface area (Å²) in [5, 5.41) is 0. The van der Waals surface area contributed by atoms with Crippen molar-refractivity contribution in [3.63, 3.8) is 0 Å². The van der Waals surface area contributed by atoms with Crippen LogP contribution < -0.4 is 0 Å². The molecule has 0 aliphatic carbocycles. The van der Waals surface area contributed by atoms with Crippen LogP contribution in [0.4, 0.5) is 0 Å². The van der Waals surface area contributed by atoms with Crippen molar-refractivity contribution in [1.82, 2.24) is 4.31 Å². The molecule has 0 saturated carbocycles. The van der Waals surface area contributed by atoms with Crippen LogP contribution in [0.2, 0.25) is 0 Å². The third-order valence-electron chi connectivity index (χ3n) is 1.66. The minimum Gasteiger partial charge on any atom is -0.207 e. The number of nitrogens with zero attached hydrogens (tertiary/aromatic N) is 1. The highest BCUT2D eigenvalue weighted by atomic mass is 32.2. The molecule has 0 saturated heterocycles. The summed E-state index contributed by atoms with van der Waals surface area (Å²) in [5.74, 6) is 0. The predicted molar refractivity (Wildman–Crippen MR) is 50.7 cm³/mol. The Morgan fingerprint density at radius 2 is 1.62 bits per heavy atom. The molecule has 13 heavy (non-hydrogen) atoms. The second-order valence-electron chi connectivity index (χ2n) is 2.86. The van der Waals surface area contributed by atoms with Crippen LogP contribution in [0.3, 0.4) is 0 Å². The van der Waals surface area contributed by atoms with Crippen LogP contribution in [0.5, 0.6) is 0 Å². The molecule has 0 N–H and O–H groups in total. The van der Waals surface area contributed by atoms with Crippen LogP contribution in [-0.2, 0) is 10.0 Å². The van der Waals surface area contributed by atoms with Crippen molar-refractivity contribution >= 4 is 10.0 Å². The van der Waals surface area contributed by atoms with E-state index in [0.717, 1.165) is 0 Å². The fraction of sp³-hybridized carbons (Fsp3) is 0.222. The molecule has 0 unspecified atom stereocenters. The molecule has 0 aromatic heterocycles. The molecular weight excluding hydrogens is 186 g/mol. The third kappa shape index (κ3) is 2.08. The lowest BCUT2D eigenvalue weighted by atomic mass is 10.2. The number of hydrogen-bond donors (Lipinski definition) is 0. The Labute approximate surface area is 79.0 Å². The van der Waals surface area contributed by atoms with Gasteiger partial charge in [-0.25, -0.2) is 12.7 Å². The summed E-state index contributed by atoms with van der Waals surface area (Å²) in [6.07, 6.45) is 0. The standard InChI is InChI=1S/C9H11NO2S/c1-8-4-6-9(7-5-8)13(11,12)10(2)3/h1,4-7H,2-3H3. The molecule has 3 nitrogen and oxygen atoms in total. The van der Waals surface area contributed by atoms with E-state index in [4.69, 9.17) is 6.92 Å². The van der Waals surface area contributed by atoms with Crippen molar-refractivity contribution in [1.29, 1.82) is 0 Å². The first-order valence-electron chi connectivity index (χ1n) is 3.72. The monoisotopic (exact) mass is 197 g/mol. The number of sulfonamides is 1.